The van der Waals surface area contributed by atoms with E-state index in [2.05, 4.69) is 13.8 Å². The number of carbonyl (C=O) groups is 1. The lowest BCUT2D eigenvalue weighted by molar-refractivity contribution is -0.120. The van der Waals surface area contributed by atoms with E-state index in [0.717, 1.165) is 38.5 Å². The summed E-state index contributed by atoms with van der Waals surface area (Å²) in [4.78, 5) is 11.9. The van der Waals surface area contributed by atoms with E-state index in [0.29, 0.717) is 0 Å². The number of allylic oxidation sites excluding steroid dienone is 2. The molecule has 4 atom stereocenters. The van der Waals surface area contributed by atoms with E-state index in [-0.39, 0.29) is 24.0 Å². The summed E-state index contributed by atoms with van der Waals surface area (Å²) in [6, 6.07) is 0. The van der Waals surface area contributed by atoms with Gasteiger partial charge in [0.25, 0.3) is 0 Å². The fourth-order valence-corrected chi connectivity index (χ4v) is 2.78. The van der Waals surface area contributed by atoms with Gasteiger partial charge in [-0.25, -0.2) is 0 Å². The summed E-state index contributed by atoms with van der Waals surface area (Å²) in [7, 11) is 0. The van der Waals surface area contributed by atoms with Crippen LogP contribution in [0.5, 0.6) is 0 Å². The highest BCUT2D eigenvalue weighted by molar-refractivity contribution is 5.86. The largest absolute Gasteiger partial charge is 0.392 e. The van der Waals surface area contributed by atoms with E-state index in [1.165, 1.54) is 0 Å². The van der Waals surface area contributed by atoms with Gasteiger partial charge in [-0.15, -0.1) is 0 Å². The van der Waals surface area contributed by atoms with Crippen molar-refractivity contribution >= 4 is 5.78 Å². The second kappa shape index (κ2) is 9.91. The van der Waals surface area contributed by atoms with E-state index in [9.17, 15) is 15.0 Å². The third-order valence-corrected chi connectivity index (χ3v) is 4.10. The summed E-state index contributed by atoms with van der Waals surface area (Å²) in [5.41, 5.74) is 0. The van der Waals surface area contributed by atoms with Crippen molar-refractivity contribution < 1.29 is 15.0 Å². The molecule has 0 aromatic heterocycles. The Bertz CT molecular complexity index is 359. The van der Waals surface area contributed by atoms with Gasteiger partial charge in [-0.3, -0.25) is 4.79 Å². The van der Waals surface area contributed by atoms with Crippen molar-refractivity contribution in [1.82, 2.24) is 0 Å². The molecule has 3 heteroatoms. The zero-order chi connectivity index (χ0) is 15.7. The summed E-state index contributed by atoms with van der Waals surface area (Å²) in [6.45, 7) is 4.23. The third kappa shape index (κ3) is 6.15. The topological polar surface area (TPSA) is 57.5 Å². The summed E-state index contributed by atoms with van der Waals surface area (Å²) in [6.07, 6.45) is 12.7. The van der Waals surface area contributed by atoms with Gasteiger partial charge >= 0.3 is 0 Å². The van der Waals surface area contributed by atoms with Gasteiger partial charge < -0.3 is 10.2 Å². The Balaban J connectivity index is 2.58. The molecule has 0 aromatic carbocycles. The van der Waals surface area contributed by atoms with Crippen LogP contribution in [0.15, 0.2) is 24.3 Å². The smallest absolute Gasteiger partial charge is 0.143 e. The second-order valence-electron chi connectivity index (χ2n) is 6.01. The molecule has 0 bridgehead atoms. The summed E-state index contributed by atoms with van der Waals surface area (Å²) in [5.74, 6) is -0.318. The van der Waals surface area contributed by atoms with E-state index >= 15 is 0 Å². The fourth-order valence-electron chi connectivity index (χ4n) is 2.78. The zero-order valence-corrected chi connectivity index (χ0v) is 13.4. The van der Waals surface area contributed by atoms with Crippen LogP contribution in [0.1, 0.15) is 58.8 Å². The molecule has 1 saturated carbocycles. The lowest BCUT2D eigenvalue weighted by Crippen LogP contribution is -2.17. The monoisotopic (exact) mass is 294 g/mol. The molecular weight excluding hydrogens is 264 g/mol. The Morgan fingerprint density at radius 3 is 2.67 bits per heavy atom. The summed E-state index contributed by atoms with van der Waals surface area (Å²) < 4.78 is 0. The number of aliphatic hydroxyl groups is 2. The molecule has 1 rings (SSSR count). The molecule has 4 unspecified atom stereocenters. The van der Waals surface area contributed by atoms with Crippen LogP contribution in [0, 0.1) is 11.8 Å². The Morgan fingerprint density at radius 2 is 2.00 bits per heavy atom. The van der Waals surface area contributed by atoms with Crippen molar-refractivity contribution in [2.45, 2.75) is 71.0 Å². The molecule has 3 nitrogen and oxygen atoms in total. The third-order valence-electron chi connectivity index (χ3n) is 4.10. The number of carbonyl (C=O) groups excluding carboxylic acids is 1. The van der Waals surface area contributed by atoms with Gasteiger partial charge in [0.15, 0.2) is 0 Å². The molecule has 0 radical (unpaired) electrons. The minimum absolute atomic E-state index is 0.102. The van der Waals surface area contributed by atoms with Gasteiger partial charge in [0.2, 0.25) is 0 Å². The number of Topliss-reactive ketones (excluding diaryl/α,β-unsaturated/α-hetero) is 1. The van der Waals surface area contributed by atoms with Crippen LogP contribution in [0.3, 0.4) is 0 Å². The Labute approximate surface area is 128 Å². The zero-order valence-electron chi connectivity index (χ0n) is 13.4. The average Bonchev–Trinajstić information content (AvgIpc) is 2.71. The minimum atomic E-state index is -0.618. The highest BCUT2D eigenvalue weighted by Gasteiger charge is 2.38. The predicted octanol–water partition coefficient (Wildman–Crippen LogP) is 3.41. The normalized spacial score (nSPS) is 28.0. The van der Waals surface area contributed by atoms with Crippen LogP contribution < -0.4 is 0 Å². The van der Waals surface area contributed by atoms with Crippen molar-refractivity contribution in [2.24, 2.45) is 11.8 Å². The Hall–Kier alpha value is -0.930. The number of ketones is 1. The molecule has 1 aliphatic rings. The van der Waals surface area contributed by atoms with E-state index in [1.807, 2.05) is 18.2 Å². The van der Waals surface area contributed by atoms with Crippen molar-refractivity contribution in [3.05, 3.63) is 24.3 Å². The van der Waals surface area contributed by atoms with Gasteiger partial charge in [-0.1, -0.05) is 63.8 Å². The maximum absolute atomic E-state index is 11.9. The van der Waals surface area contributed by atoms with E-state index < -0.39 is 12.2 Å². The number of aliphatic hydroxyl groups excluding tert-OH is 2. The second-order valence-corrected chi connectivity index (χ2v) is 6.01. The Kier molecular flexibility index (Phi) is 8.55. The van der Waals surface area contributed by atoms with Crippen LogP contribution >= 0.6 is 0 Å². The van der Waals surface area contributed by atoms with Crippen molar-refractivity contribution in [2.75, 3.05) is 0 Å². The van der Waals surface area contributed by atoms with Gasteiger partial charge in [-0.05, 0) is 12.8 Å². The van der Waals surface area contributed by atoms with Crippen molar-refractivity contribution in [3.8, 4) is 0 Å². The first-order chi connectivity index (χ1) is 10.1. The number of hydrogen-bond donors (Lipinski definition) is 2. The molecule has 0 aromatic rings. The van der Waals surface area contributed by atoms with Gasteiger partial charge in [0, 0.05) is 18.3 Å². The van der Waals surface area contributed by atoms with Crippen molar-refractivity contribution in [3.63, 3.8) is 0 Å². The van der Waals surface area contributed by atoms with E-state index in [4.69, 9.17) is 0 Å². The van der Waals surface area contributed by atoms with Gasteiger partial charge in [-0.2, -0.15) is 0 Å². The van der Waals surface area contributed by atoms with Crippen LogP contribution in [-0.4, -0.2) is 28.2 Å². The summed E-state index contributed by atoms with van der Waals surface area (Å²) >= 11 is 0. The average molecular weight is 294 g/mol. The first-order valence-electron chi connectivity index (χ1n) is 8.34. The highest BCUT2D eigenvalue weighted by atomic mass is 16.3. The molecule has 1 fully saturated rings. The Morgan fingerprint density at radius 1 is 1.24 bits per heavy atom. The molecule has 21 heavy (non-hydrogen) atoms. The van der Waals surface area contributed by atoms with Crippen LogP contribution in [-0.2, 0) is 4.79 Å². The van der Waals surface area contributed by atoms with E-state index in [1.54, 1.807) is 6.08 Å². The molecule has 0 aliphatic heterocycles. The number of unbranched alkanes of at least 4 members (excludes halogenated alkanes) is 3. The molecule has 0 spiro atoms. The van der Waals surface area contributed by atoms with Gasteiger partial charge in [0.1, 0.15) is 5.78 Å². The standard InChI is InChI=1S/C18H30O3/c1-3-5-7-9-14(19)11-12-16-15(10-8-6-4-2)17(20)13-18(16)21/h8,10-12,14-16,18-19,21H,3-7,9,13H2,1-2H3/b10-8+,12-11+. The lowest BCUT2D eigenvalue weighted by atomic mass is 9.92. The minimum Gasteiger partial charge on any atom is -0.392 e. The number of rotatable bonds is 9. The van der Waals surface area contributed by atoms with Gasteiger partial charge in [0.05, 0.1) is 12.2 Å². The number of hydrogen-bond acceptors (Lipinski definition) is 3. The SMILES string of the molecule is CCC/C=C/C1C(=O)CC(O)C1/C=C/C(O)CCCCC. The fraction of sp³-hybridized carbons (Fsp3) is 0.722. The molecule has 2 N–H and O–H groups in total. The predicted molar refractivity (Wildman–Crippen MR) is 85.9 cm³/mol. The molecule has 0 amide bonds. The van der Waals surface area contributed by atoms with Crippen LogP contribution in [0.2, 0.25) is 0 Å². The van der Waals surface area contributed by atoms with Crippen LogP contribution in [0.25, 0.3) is 0 Å². The molecule has 1 aliphatic carbocycles. The molecular formula is C18H30O3. The first kappa shape index (κ1) is 18.1. The molecule has 0 heterocycles. The highest BCUT2D eigenvalue weighted by Crippen LogP contribution is 2.32. The molecule has 120 valence electrons. The maximum Gasteiger partial charge on any atom is 0.143 e. The quantitative estimate of drug-likeness (QED) is 0.506. The summed E-state index contributed by atoms with van der Waals surface area (Å²) in [5, 5.41) is 19.9. The van der Waals surface area contributed by atoms with Crippen molar-refractivity contribution in [1.29, 1.82) is 0 Å². The van der Waals surface area contributed by atoms with Crippen LogP contribution in [0.4, 0.5) is 0 Å². The maximum atomic E-state index is 11.9. The lowest BCUT2D eigenvalue weighted by Gasteiger charge is -2.15. The molecule has 0 saturated heterocycles. The first-order valence-corrected chi connectivity index (χ1v) is 8.34.